The Morgan fingerprint density at radius 2 is 2.42 bits per heavy atom. The zero-order chi connectivity index (χ0) is 8.39. The lowest BCUT2D eigenvalue weighted by Gasteiger charge is -2.09. The third-order valence-corrected chi connectivity index (χ3v) is 3.27. The molecule has 0 bridgehead atoms. The molecule has 64 valence electrons. The van der Waals surface area contributed by atoms with Crippen LogP contribution in [-0.2, 0) is 0 Å². The lowest BCUT2D eigenvalue weighted by Crippen LogP contribution is -2.11. The van der Waals surface area contributed by atoms with Gasteiger partial charge in [-0.3, -0.25) is 0 Å². The topological polar surface area (TPSA) is 12.0 Å². The normalized spacial score (nSPS) is 22.9. The standard InChI is InChI=1S/C10H13NS/c1-8-3-2-4-9(7-8)10-11-5-6-12-10/h2-4,7,10-11H,5-6H2,1H3/t10-/m1/s1. The minimum absolute atomic E-state index is 0.532. The summed E-state index contributed by atoms with van der Waals surface area (Å²) in [6.45, 7) is 3.28. The quantitative estimate of drug-likeness (QED) is 0.710. The first-order valence-corrected chi connectivity index (χ1v) is 5.33. The van der Waals surface area contributed by atoms with Crippen molar-refractivity contribution in [1.29, 1.82) is 0 Å². The SMILES string of the molecule is Cc1cccc([C@@H]2NCCS2)c1. The summed E-state index contributed by atoms with van der Waals surface area (Å²) in [5, 5.41) is 4.00. The molecule has 0 unspecified atom stereocenters. The van der Waals surface area contributed by atoms with Gasteiger partial charge in [0.15, 0.2) is 0 Å². The fourth-order valence-corrected chi connectivity index (χ4v) is 2.52. The van der Waals surface area contributed by atoms with Crippen LogP contribution in [0.5, 0.6) is 0 Å². The predicted octanol–water partition coefficient (Wildman–Crippen LogP) is 2.33. The van der Waals surface area contributed by atoms with Crippen LogP contribution in [0.25, 0.3) is 0 Å². The molecule has 1 aliphatic rings. The van der Waals surface area contributed by atoms with Gasteiger partial charge >= 0.3 is 0 Å². The van der Waals surface area contributed by atoms with Crippen molar-refractivity contribution >= 4 is 11.8 Å². The molecule has 0 aromatic heterocycles. The molecule has 1 fully saturated rings. The molecular weight excluding hydrogens is 166 g/mol. The highest BCUT2D eigenvalue weighted by molar-refractivity contribution is 7.99. The van der Waals surface area contributed by atoms with E-state index in [1.807, 2.05) is 11.8 Å². The largest absolute Gasteiger partial charge is 0.301 e. The molecule has 2 heteroatoms. The highest BCUT2D eigenvalue weighted by Gasteiger charge is 2.15. The molecule has 0 aliphatic carbocycles. The lowest BCUT2D eigenvalue weighted by atomic mass is 10.1. The maximum atomic E-state index is 3.46. The maximum absolute atomic E-state index is 3.46. The summed E-state index contributed by atoms with van der Waals surface area (Å²) < 4.78 is 0. The van der Waals surface area contributed by atoms with Crippen molar-refractivity contribution in [3.05, 3.63) is 35.4 Å². The fraction of sp³-hybridized carbons (Fsp3) is 0.400. The maximum Gasteiger partial charge on any atom is 0.0790 e. The van der Waals surface area contributed by atoms with Crippen molar-refractivity contribution < 1.29 is 0 Å². The second kappa shape index (κ2) is 3.50. The van der Waals surface area contributed by atoms with Crippen LogP contribution < -0.4 is 5.32 Å². The summed E-state index contributed by atoms with van der Waals surface area (Å²) in [5.74, 6) is 1.23. The number of hydrogen-bond acceptors (Lipinski definition) is 2. The van der Waals surface area contributed by atoms with Crippen LogP contribution in [0.15, 0.2) is 24.3 Å². The molecule has 0 amide bonds. The Bertz CT molecular complexity index is 266. The van der Waals surface area contributed by atoms with Gasteiger partial charge in [0.2, 0.25) is 0 Å². The van der Waals surface area contributed by atoms with E-state index in [-0.39, 0.29) is 0 Å². The Morgan fingerprint density at radius 3 is 3.08 bits per heavy atom. The highest BCUT2D eigenvalue weighted by Crippen LogP contribution is 2.29. The zero-order valence-electron chi connectivity index (χ0n) is 7.21. The van der Waals surface area contributed by atoms with Gasteiger partial charge < -0.3 is 5.32 Å². The van der Waals surface area contributed by atoms with E-state index in [0.29, 0.717) is 5.37 Å². The first-order chi connectivity index (χ1) is 5.86. The minimum atomic E-state index is 0.532. The number of benzene rings is 1. The molecule has 1 N–H and O–H groups in total. The Hall–Kier alpha value is -0.470. The van der Waals surface area contributed by atoms with Gasteiger partial charge in [-0.05, 0) is 12.5 Å². The smallest absolute Gasteiger partial charge is 0.0790 e. The van der Waals surface area contributed by atoms with Crippen LogP contribution in [0.1, 0.15) is 16.5 Å². The van der Waals surface area contributed by atoms with Crippen molar-refractivity contribution in [3.63, 3.8) is 0 Å². The van der Waals surface area contributed by atoms with Crippen LogP contribution in [0.4, 0.5) is 0 Å². The first kappa shape index (κ1) is 8.14. The van der Waals surface area contributed by atoms with Gasteiger partial charge in [0.25, 0.3) is 0 Å². The predicted molar refractivity (Wildman–Crippen MR) is 54.4 cm³/mol. The van der Waals surface area contributed by atoms with Gasteiger partial charge in [0, 0.05) is 12.3 Å². The number of nitrogens with one attached hydrogen (secondary N) is 1. The number of hydrogen-bond donors (Lipinski definition) is 1. The molecule has 0 saturated carbocycles. The Balaban J connectivity index is 2.21. The summed E-state index contributed by atoms with van der Waals surface area (Å²) in [7, 11) is 0. The van der Waals surface area contributed by atoms with Gasteiger partial charge in [-0.1, -0.05) is 29.8 Å². The van der Waals surface area contributed by atoms with E-state index in [9.17, 15) is 0 Å². The average Bonchev–Trinajstić information content (AvgIpc) is 2.56. The van der Waals surface area contributed by atoms with Gasteiger partial charge in [-0.15, -0.1) is 11.8 Å². The molecular formula is C10H13NS. The number of thioether (sulfide) groups is 1. The zero-order valence-corrected chi connectivity index (χ0v) is 8.03. The molecule has 1 saturated heterocycles. The fourth-order valence-electron chi connectivity index (χ4n) is 1.47. The van der Waals surface area contributed by atoms with E-state index in [2.05, 4.69) is 36.5 Å². The van der Waals surface area contributed by atoms with Crippen molar-refractivity contribution in [2.24, 2.45) is 0 Å². The molecule has 12 heavy (non-hydrogen) atoms. The number of rotatable bonds is 1. The molecule has 1 aromatic rings. The second-order valence-electron chi connectivity index (χ2n) is 3.12. The van der Waals surface area contributed by atoms with Crippen molar-refractivity contribution in [1.82, 2.24) is 5.32 Å². The first-order valence-electron chi connectivity index (χ1n) is 4.28. The summed E-state index contributed by atoms with van der Waals surface area (Å²) >= 11 is 1.99. The summed E-state index contributed by atoms with van der Waals surface area (Å²) in [6.07, 6.45) is 0. The molecule has 1 nitrogen and oxygen atoms in total. The lowest BCUT2D eigenvalue weighted by molar-refractivity contribution is 0.750. The molecule has 1 heterocycles. The van der Waals surface area contributed by atoms with E-state index in [1.54, 1.807) is 0 Å². The molecule has 2 rings (SSSR count). The van der Waals surface area contributed by atoms with Crippen LogP contribution in [-0.4, -0.2) is 12.3 Å². The van der Waals surface area contributed by atoms with E-state index < -0.39 is 0 Å². The Kier molecular flexibility index (Phi) is 2.38. The summed E-state index contributed by atoms with van der Waals surface area (Å²) in [6, 6.07) is 8.73. The van der Waals surface area contributed by atoms with Crippen LogP contribution in [0.2, 0.25) is 0 Å². The van der Waals surface area contributed by atoms with E-state index in [4.69, 9.17) is 0 Å². The molecule has 1 aliphatic heterocycles. The van der Waals surface area contributed by atoms with Gasteiger partial charge in [0.1, 0.15) is 0 Å². The van der Waals surface area contributed by atoms with Gasteiger partial charge in [-0.2, -0.15) is 0 Å². The van der Waals surface area contributed by atoms with E-state index in [1.165, 1.54) is 16.9 Å². The molecule has 0 radical (unpaired) electrons. The molecule has 1 atom stereocenters. The minimum Gasteiger partial charge on any atom is -0.301 e. The Morgan fingerprint density at radius 1 is 1.50 bits per heavy atom. The van der Waals surface area contributed by atoms with Crippen LogP contribution in [0, 0.1) is 6.92 Å². The van der Waals surface area contributed by atoms with Gasteiger partial charge in [-0.25, -0.2) is 0 Å². The molecule has 0 spiro atoms. The molecule has 1 aromatic carbocycles. The number of aryl methyl sites for hydroxylation is 1. The van der Waals surface area contributed by atoms with Crippen LogP contribution >= 0.6 is 11.8 Å². The van der Waals surface area contributed by atoms with Gasteiger partial charge in [0.05, 0.1) is 5.37 Å². The summed E-state index contributed by atoms with van der Waals surface area (Å²) in [5.41, 5.74) is 2.76. The Labute approximate surface area is 77.6 Å². The van der Waals surface area contributed by atoms with Crippen molar-refractivity contribution in [3.8, 4) is 0 Å². The van der Waals surface area contributed by atoms with E-state index >= 15 is 0 Å². The van der Waals surface area contributed by atoms with Crippen molar-refractivity contribution in [2.75, 3.05) is 12.3 Å². The summed E-state index contributed by atoms with van der Waals surface area (Å²) in [4.78, 5) is 0. The van der Waals surface area contributed by atoms with E-state index in [0.717, 1.165) is 6.54 Å². The highest BCUT2D eigenvalue weighted by atomic mass is 32.2. The second-order valence-corrected chi connectivity index (χ2v) is 4.33. The average molecular weight is 179 g/mol. The monoisotopic (exact) mass is 179 g/mol. The third kappa shape index (κ3) is 1.65. The third-order valence-electron chi connectivity index (χ3n) is 2.06. The van der Waals surface area contributed by atoms with Crippen molar-refractivity contribution in [2.45, 2.75) is 12.3 Å². The van der Waals surface area contributed by atoms with Crippen LogP contribution in [0.3, 0.4) is 0 Å².